The largest absolute Gasteiger partial charge is 0.380 e. The van der Waals surface area contributed by atoms with Gasteiger partial charge in [0.25, 0.3) is 0 Å². The fourth-order valence-electron chi connectivity index (χ4n) is 0.810. The first-order valence-corrected chi connectivity index (χ1v) is 5.22. The van der Waals surface area contributed by atoms with Crippen LogP contribution in [0, 0.1) is 6.92 Å². The summed E-state index contributed by atoms with van der Waals surface area (Å²) in [5.74, 6) is 0.0455. The molecule has 6 heteroatoms. The van der Waals surface area contributed by atoms with E-state index >= 15 is 0 Å². The Morgan fingerprint density at radius 2 is 2.08 bits per heavy atom. The summed E-state index contributed by atoms with van der Waals surface area (Å²) in [6.45, 7) is 1.73. The van der Waals surface area contributed by atoms with E-state index in [-0.39, 0.29) is 10.8 Å². The van der Waals surface area contributed by atoms with Crippen molar-refractivity contribution in [2.45, 2.75) is 6.92 Å². The highest BCUT2D eigenvalue weighted by Gasteiger charge is 2.09. The quantitative estimate of drug-likeness (QED) is 0.817. The van der Waals surface area contributed by atoms with Crippen LogP contribution < -0.4 is 9.32 Å². The Balaban J connectivity index is 3.10. The Morgan fingerprint density at radius 1 is 1.46 bits per heavy atom. The lowest BCUT2D eigenvalue weighted by Crippen LogP contribution is -2.19. The first kappa shape index (κ1) is 10.3. The molecule has 0 spiro atoms. The summed E-state index contributed by atoms with van der Waals surface area (Å²) in [6, 6.07) is 4.79. The van der Waals surface area contributed by atoms with Crippen molar-refractivity contribution >= 4 is 21.9 Å². The molecule has 0 heterocycles. The minimum atomic E-state index is -4.00. The van der Waals surface area contributed by atoms with Crippen molar-refractivity contribution in [2.75, 3.05) is 0 Å². The summed E-state index contributed by atoms with van der Waals surface area (Å²) in [5, 5.41) is 4.92. The molecule has 0 saturated carbocycles. The number of hydrogen-bond acceptors (Lipinski definition) is 3. The van der Waals surface area contributed by atoms with Gasteiger partial charge in [0.1, 0.15) is 0 Å². The first-order valence-electron chi connectivity index (χ1n) is 3.37. The zero-order valence-electron chi connectivity index (χ0n) is 6.82. The van der Waals surface area contributed by atoms with Crippen LogP contribution in [0.2, 0.25) is 5.02 Å². The summed E-state index contributed by atoms with van der Waals surface area (Å²) in [4.78, 5) is 0. The molecular weight excluding hydrogens is 214 g/mol. The standard InChI is InChI=1S/C7H8ClNO3S/c1-5-3-2-4-6(7(5)8)12-13(9,10)11/h2-4H,1H3,(H2,9,10,11). The van der Waals surface area contributed by atoms with E-state index in [0.717, 1.165) is 5.56 Å². The molecule has 0 radical (unpaired) electrons. The third-order valence-electron chi connectivity index (χ3n) is 1.36. The van der Waals surface area contributed by atoms with Crippen LogP contribution in [0.25, 0.3) is 0 Å². The molecule has 1 rings (SSSR count). The van der Waals surface area contributed by atoms with Gasteiger partial charge in [0.15, 0.2) is 5.75 Å². The maximum atomic E-state index is 10.6. The van der Waals surface area contributed by atoms with E-state index in [0.29, 0.717) is 0 Å². The molecule has 0 amide bonds. The zero-order chi connectivity index (χ0) is 10.1. The van der Waals surface area contributed by atoms with Crippen molar-refractivity contribution in [1.82, 2.24) is 0 Å². The third kappa shape index (κ3) is 2.87. The van der Waals surface area contributed by atoms with Crippen molar-refractivity contribution in [3.8, 4) is 5.75 Å². The summed E-state index contributed by atoms with van der Waals surface area (Å²) in [6.07, 6.45) is 0. The number of hydrogen-bond donors (Lipinski definition) is 1. The van der Waals surface area contributed by atoms with Gasteiger partial charge in [-0.05, 0) is 18.6 Å². The molecule has 0 atom stereocenters. The molecule has 0 aromatic heterocycles. The van der Waals surface area contributed by atoms with Crippen LogP contribution >= 0.6 is 11.6 Å². The average Bonchev–Trinajstić information content (AvgIpc) is 1.96. The van der Waals surface area contributed by atoms with E-state index in [1.165, 1.54) is 6.07 Å². The molecule has 0 saturated heterocycles. The molecule has 0 fully saturated rings. The summed E-state index contributed by atoms with van der Waals surface area (Å²) >= 11 is 5.75. The second kappa shape index (κ2) is 3.53. The number of halogens is 1. The van der Waals surface area contributed by atoms with Crippen molar-refractivity contribution < 1.29 is 12.6 Å². The molecular formula is C7H8ClNO3S. The lowest BCUT2D eigenvalue weighted by atomic mass is 10.2. The fourth-order valence-corrected chi connectivity index (χ4v) is 1.41. The van der Waals surface area contributed by atoms with Gasteiger partial charge in [0.05, 0.1) is 5.02 Å². The van der Waals surface area contributed by atoms with Gasteiger partial charge >= 0.3 is 10.3 Å². The highest BCUT2D eigenvalue weighted by Crippen LogP contribution is 2.27. The molecule has 0 aliphatic rings. The molecule has 72 valence electrons. The molecule has 0 aliphatic heterocycles. The monoisotopic (exact) mass is 221 g/mol. The van der Waals surface area contributed by atoms with Gasteiger partial charge < -0.3 is 4.18 Å². The lowest BCUT2D eigenvalue weighted by Gasteiger charge is -2.05. The van der Waals surface area contributed by atoms with Crippen LogP contribution in [-0.4, -0.2) is 8.42 Å². The molecule has 0 bridgehead atoms. The van der Waals surface area contributed by atoms with Gasteiger partial charge in [0.2, 0.25) is 0 Å². The van der Waals surface area contributed by atoms with Crippen molar-refractivity contribution in [3.05, 3.63) is 28.8 Å². The van der Waals surface area contributed by atoms with Gasteiger partial charge in [-0.3, -0.25) is 0 Å². The van der Waals surface area contributed by atoms with E-state index in [9.17, 15) is 8.42 Å². The van der Waals surface area contributed by atoms with E-state index in [2.05, 4.69) is 9.32 Å². The molecule has 2 N–H and O–H groups in total. The van der Waals surface area contributed by atoms with Gasteiger partial charge in [-0.25, -0.2) is 0 Å². The van der Waals surface area contributed by atoms with Crippen LogP contribution in [0.4, 0.5) is 0 Å². The second-order valence-corrected chi connectivity index (χ2v) is 3.99. The Kier molecular flexibility index (Phi) is 2.80. The predicted octanol–water partition coefficient (Wildman–Crippen LogP) is 1.23. The van der Waals surface area contributed by atoms with Gasteiger partial charge in [0, 0.05) is 0 Å². The van der Waals surface area contributed by atoms with Crippen LogP contribution in [-0.2, 0) is 10.3 Å². The van der Waals surface area contributed by atoms with Crippen LogP contribution in [0.3, 0.4) is 0 Å². The zero-order valence-corrected chi connectivity index (χ0v) is 8.39. The summed E-state index contributed by atoms with van der Waals surface area (Å²) in [7, 11) is -4.00. The van der Waals surface area contributed by atoms with Gasteiger partial charge in [-0.1, -0.05) is 23.7 Å². The highest BCUT2D eigenvalue weighted by atomic mass is 35.5. The molecule has 13 heavy (non-hydrogen) atoms. The predicted molar refractivity (Wildman–Crippen MR) is 49.9 cm³/mol. The number of aryl methyl sites for hydroxylation is 1. The van der Waals surface area contributed by atoms with Crippen LogP contribution in [0.5, 0.6) is 5.75 Å². The highest BCUT2D eigenvalue weighted by molar-refractivity contribution is 7.84. The smallest absolute Gasteiger partial charge is 0.369 e. The Bertz CT molecular complexity index is 416. The van der Waals surface area contributed by atoms with Crippen molar-refractivity contribution in [1.29, 1.82) is 0 Å². The number of rotatable bonds is 2. The maximum Gasteiger partial charge on any atom is 0.380 e. The molecule has 4 nitrogen and oxygen atoms in total. The molecule has 0 aliphatic carbocycles. The first-order chi connectivity index (χ1) is 5.90. The number of benzene rings is 1. The Labute approximate surface area is 81.5 Å². The lowest BCUT2D eigenvalue weighted by molar-refractivity contribution is 0.487. The summed E-state index contributed by atoms with van der Waals surface area (Å²) in [5.41, 5.74) is 0.725. The van der Waals surface area contributed by atoms with Gasteiger partial charge in [-0.15, -0.1) is 0 Å². The van der Waals surface area contributed by atoms with Crippen LogP contribution in [0.15, 0.2) is 18.2 Å². The molecule has 1 aromatic carbocycles. The van der Waals surface area contributed by atoms with Crippen molar-refractivity contribution in [2.24, 2.45) is 5.14 Å². The molecule has 1 aromatic rings. The minimum absolute atomic E-state index is 0.0455. The fraction of sp³-hybridized carbons (Fsp3) is 0.143. The van der Waals surface area contributed by atoms with E-state index in [1.807, 2.05) is 0 Å². The summed E-state index contributed by atoms with van der Waals surface area (Å²) < 4.78 is 25.6. The average molecular weight is 222 g/mol. The minimum Gasteiger partial charge on any atom is -0.369 e. The normalized spacial score (nSPS) is 11.3. The van der Waals surface area contributed by atoms with Gasteiger partial charge in [-0.2, -0.15) is 13.6 Å². The van der Waals surface area contributed by atoms with Crippen molar-refractivity contribution in [3.63, 3.8) is 0 Å². The van der Waals surface area contributed by atoms with E-state index in [4.69, 9.17) is 11.6 Å². The Morgan fingerprint density at radius 3 is 2.62 bits per heavy atom. The second-order valence-electron chi connectivity index (χ2n) is 2.46. The SMILES string of the molecule is Cc1cccc(OS(N)(=O)=O)c1Cl. The third-order valence-corrected chi connectivity index (χ3v) is 2.26. The van der Waals surface area contributed by atoms with E-state index < -0.39 is 10.3 Å². The molecule has 0 unspecified atom stereocenters. The van der Waals surface area contributed by atoms with E-state index in [1.54, 1.807) is 19.1 Å². The van der Waals surface area contributed by atoms with Crippen LogP contribution in [0.1, 0.15) is 5.56 Å². The number of nitrogens with two attached hydrogens (primary N) is 1. The Hall–Kier alpha value is -0.780. The topological polar surface area (TPSA) is 69.4 Å². The maximum absolute atomic E-state index is 10.6.